The summed E-state index contributed by atoms with van der Waals surface area (Å²) < 4.78 is 38.1. The second-order valence-corrected chi connectivity index (χ2v) is 9.87. The molecule has 1 fully saturated rings. The smallest absolute Gasteiger partial charge is 0.246 e. The molecule has 0 saturated carbocycles. The lowest BCUT2D eigenvalue weighted by Gasteiger charge is -2.33. The molecular weight excluding hydrogens is 453 g/mol. The highest BCUT2D eigenvalue weighted by Crippen LogP contribution is 2.28. The maximum Gasteiger partial charge on any atom is 0.246 e. The zero-order valence-electron chi connectivity index (χ0n) is 16.8. The van der Waals surface area contributed by atoms with Gasteiger partial charge in [-0.3, -0.25) is 0 Å². The van der Waals surface area contributed by atoms with Crippen LogP contribution in [0.25, 0.3) is 0 Å². The molecule has 2 N–H and O–H groups in total. The molecule has 2 aromatic rings. The van der Waals surface area contributed by atoms with Crippen molar-refractivity contribution in [2.75, 3.05) is 26.2 Å². The van der Waals surface area contributed by atoms with Crippen LogP contribution in [0.15, 0.2) is 27.6 Å². The summed E-state index contributed by atoms with van der Waals surface area (Å²) in [4.78, 5) is 2.11. The molecule has 166 valence electrons. The molecule has 1 aliphatic rings. The summed E-state index contributed by atoms with van der Waals surface area (Å²) in [5.74, 6) is 0.898. The van der Waals surface area contributed by atoms with Gasteiger partial charge in [0.15, 0.2) is 5.76 Å². The third-order valence-corrected chi connectivity index (χ3v) is 7.35. The van der Waals surface area contributed by atoms with Crippen LogP contribution in [-0.4, -0.2) is 62.0 Å². The van der Waals surface area contributed by atoms with Gasteiger partial charge in [0.05, 0.1) is 16.1 Å². The summed E-state index contributed by atoms with van der Waals surface area (Å²) in [5.41, 5.74) is 0.290. The Bertz CT molecular complexity index is 955. The highest BCUT2D eigenvalue weighted by Gasteiger charge is 2.26. The van der Waals surface area contributed by atoms with E-state index in [9.17, 15) is 13.5 Å². The summed E-state index contributed by atoms with van der Waals surface area (Å²) in [7, 11) is -3.79. The number of ether oxygens (including phenoxy) is 1. The fourth-order valence-corrected chi connectivity index (χ4v) is 5.14. The highest BCUT2D eigenvalue weighted by atomic mass is 35.5. The number of nitrogens with one attached hydrogen (secondary N) is 1. The minimum Gasteiger partial charge on any atom is -0.490 e. The molecular formula is C19H25Cl2N3O5S. The fourth-order valence-electron chi connectivity index (χ4n) is 3.45. The lowest BCUT2D eigenvalue weighted by Crippen LogP contribution is -2.45. The lowest BCUT2D eigenvalue weighted by molar-refractivity contribution is 0.0630. The number of likely N-dealkylation sites (tertiary alicyclic amines) is 1. The number of β-amino-alcohol motifs (C(OH)–C–C–N with tert-alkyl or cyclic N) is 1. The number of hydrogen-bond acceptors (Lipinski definition) is 7. The first-order valence-electron chi connectivity index (χ1n) is 9.60. The van der Waals surface area contributed by atoms with Crippen molar-refractivity contribution >= 4 is 33.2 Å². The van der Waals surface area contributed by atoms with Crippen molar-refractivity contribution in [1.29, 1.82) is 0 Å². The highest BCUT2D eigenvalue weighted by molar-refractivity contribution is 7.89. The van der Waals surface area contributed by atoms with E-state index in [1.165, 1.54) is 6.92 Å². The van der Waals surface area contributed by atoms with Gasteiger partial charge >= 0.3 is 0 Å². The van der Waals surface area contributed by atoms with Crippen molar-refractivity contribution in [2.24, 2.45) is 0 Å². The Kier molecular flexibility index (Phi) is 7.65. The third kappa shape index (κ3) is 5.87. The molecule has 1 saturated heterocycles. The topological polar surface area (TPSA) is 105 Å². The number of piperidine rings is 1. The van der Waals surface area contributed by atoms with Crippen LogP contribution in [0.2, 0.25) is 10.0 Å². The van der Waals surface area contributed by atoms with Gasteiger partial charge in [-0.15, -0.1) is 0 Å². The Morgan fingerprint density at radius 1 is 1.30 bits per heavy atom. The van der Waals surface area contributed by atoms with Gasteiger partial charge in [0.25, 0.3) is 0 Å². The number of benzene rings is 1. The molecule has 0 amide bonds. The molecule has 1 atom stereocenters. The fraction of sp³-hybridized carbons (Fsp3) is 0.526. The summed E-state index contributed by atoms with van der Waals surface area (Å²) in [6.45, 7) is 4.84. The normalized spacial score (nSPS) is 17.2. The number of aliphatic hydroxyl groups is 1. The maximum absolute atomic E-state index is 12.4. The minimum absolute atomic E-state index is 0.0231. The minimum atomic E-state index is -3.79. The van der Waals surface area contributed by atoms with Gasteiger partial charge in [-0.2, -0.15) is 0 Å². The van der Waals surface area contributed by atoms with Gasteiger partial charge in [0.1, 0.15) is 22.4 Å². The average Bonchev–Trinajstić information content (AvgIpc) is 3.04. The second-order valence-electron chi connectivity index (χ2n) is 7.35. The number of aromatic nitrogens is 1. The van der Waals surface area contributed by atoms with Crippen molar-refractivity contribution in [3.8, 4) is 5.75 Å². The molecule has 0 radical (unpaired) electrons. The molecule has 0 unspecified atom stereocenters. The van der Waals surface area contributed by atoms with Crippen LogP contribution < -0.4 is 9.46 Å². The van der Waals surface area contributed by atoms with Crippen LogP contribution in [0.5, 0.6) is 5.75 Å². The monoisotopic (exact) mass is 477 g/mol. The van der Waals surface area contributed by atoms with Crippen LogP contribution in [-0.2, 0) is 10.0 Å². The molecule has 0 bridgehead atoms. The molecule has 3 rings (SSSR count). The third-order valence-electron chi connectivity index (χ3n) is 4.94. The number of sulfonamides is 1. The molecule has 30 heavy (non-hydrogen) atoms. The van der Waals surface area contributed by atoms with Gasteiger partial charge < -0.3 is 19.3 Å². The number of aliphatic hydroxyl groups excluding tert-OH is 1. The van der Waals surface area contributed by atoms with Crippen LogP contribution in [0.4, 0.5) is 0 Å². The number of aryl methyl sites for hydroxylation is 2. The van der Waals surface area contributed by atoms with Crippen LogP contribution in [0.3, 0.4) is 0 Å². The van der Waals surface area contributed by atoms with Crippen molar-refractivity contribution in [3.05, 3.63) is 39.7 Å². The Morgan fingerprint density at radius 2 is 2.00 bits per heavy atom. The zero-order valence-corrected chi connectivity index (χ0v) is 19.1. The van der Waals surface area contributed by atoms with Crippen molar-refractivity contribution in [1.82, 2.24) is 14.8 Å². The lowest BCUT2D eigenvalue weighted by atomic mass is 10.1. The molecule has 0 spiro atoms. The summed E-state index contributed by atoms with van der Waals surface area (Å²) in [5, 5.41) is 14.9. The van der Waals surface area contributed by atoms with Crippen molar-refractivity contribution in [2.45, 2.75) is 43.8 Å². The van der Waals surface area contributed by atoms with E-state index in [2.05, 4.69) is 14.8 Å². The van der Waals surface area contributed by atoms with E-state index in [-0.39, 0.29) is 23.3 Å². The van der Waals surface area contributed by atoms with Gasteiger partial charge in [0.2, 0.25) is 10.0 Å². The molecule has 11 heteroatoms. The zero-order chi connectivity index (χ0) is 21.9. The quantitative estimate of drug-likeness (QED) is 0.601. The van der Waals surface area contributed by atoms with Crippen LogP contribution >= 0.6 is 23.2 Å². The Morgan fingerprint density at radius 3 is 2.60 bits per heavy atom. The van der Waals surface area contributed by atoms with Crippen LogP contribution in [0.1, 0.15) is 24.3 Å². The molecule has 1 aliphatic heterocycles. The van der Waals surface area contributed by atoms with E-state index in [1.807, 2.05) is 0 Å². The Hall–Kier alpha value is -1.36. The second kappa shape index (κ2) is 9.84. The Labute approximate surface area is 186 Å². The van der Waals surface area contributed by atoms with Crippen molar-refractivity contribution in [3.63, 3.8) is 0 Å². The standard InChI is InChI=1S/C19H25Cl2N3O5S/c1-12-19(13(2)29-23-12)30(26,27)22-10-14(25)11-24-7-5-15(6-8-24)28-16-3-4-17(20)18(21)9-16/h3-4,9,14-15,22,25H,5-8,10-11H2,1-2H3/t14-/m1/s1. The molecule has 0 aliphatic carbocycles. The van der Waals surface area contributed by atoms with E-state index >= 15 is 0 Å². The molecule has 2 heterocycles. The van der Waals surface area contributed by atoms with Gasteiger partial charge in [-0.05, 0) is 38.8 Å². The first-order valence-corrected chi connectivity index (χ1v) is 11.8. The first kappa shape index (κ1) is 23.3. The summed E-state index contributed by atoms with van der Waals surface area (Å²) in [6, 6.07) is 5.19. The maximum atomic E-state index is 12.4. The van der Waals surface area contributed by atoms with E-state index < -0.39 is 16.1 Å². The van der Waals surface area contributed by atoms with Crippen molar-refractivity contribution < 1.29 is 22.8 Å². The average molecular weight is 478 g/mol. The number of halogens is 2. The van der Waals surface area contributed by atoms with E-state index in [0.717, 1.165) is 25.9 Å². The summed E-state index contributed by atoms with van der Waals surface area (Å²) >= 11 is 11.9. The number of nitrogens with zero attached hydrogens (tertiary/aromatic N) is 2. The molecule has 1 aromatic heterocycles. The van der Waals surface area contributed by atoms with Gasteiger partial charge in [-0.1, -0.05) is 28.4 Å². The largest absolute Gasteiger partial charge is 0.490 e. The van der Waals surface area contributed by atoms with Crippen LogP contribution in [0, 0.1) is 13.8 Å². The predicted octanol–water partition coefficient (Wildman–Crippen LogP) is 2.78. The van der Waals surface area contributed by atoms with Gasteiger partial charge in [-0.25, -0.2) is 13.1 Å². The molecule has 8 nitrogen and oxygen atoms in total. The van der Waals surface area contributed by atoms with E-state index in [1.54, 1.807) is 25.1 Å². The predicted molar refractivity (Wildman–Crippen MR) is 114 cm³/mol. The Balaban J connectivity index is 1.44. The van der Waals surface area contributed by atoms with Gasteiger partial charge in [0, 0.05) is 32.2 Å². The van der Waals surface area contributed by atoms with E-state index in [0.29, 0.717) is 28.0 Å². The first-order chi connectivity index (χ1) is 14.2. The molecule has 1 aromatic carbocycles. The van der Waals surface area contributed by atoms with E-state index in [4.69, 9.17) is 32.5 Å². The number of rotatable bonds is 8. The number of hydrogen-bond donors (Lipinski definition) is 2. The summed E-state index contributed by atoms with van der Waals surface area (Å²) in [6.07, 6.45) is 0.789. The SMILES string of the molecule is Cc1noc(C)c1S(=O)(=O)NC[C@@H](O)CN1CCC(Oc2ccc(Cl)c(Cl)c2)CC1.